The Bertz CT molecular complexity index is 353. The second kappa shape index (κ2) is 8.78. The minimum atomic E-state index is -0.0357. The lowest BCUT2D eigenvalue weighted by molar-refractivity contribution is 0.0952. The molecule has 0 atom stereocenters. The van der Waals surface area contributed by atoms with Crippen molar-refractivity contribution in [2.75, 3.05) is 34.3 Å². The van der Waals surface area contributed by atoms with Gasteiger partial charge in [0.1, 0.15) is 5.75 Å². The van der Waals surface area contributed by atoms with Crippen molar-refractivity contribution in [1.29, 1.82) is 0 Å². The Kier molecular flexibility index (Phi) is 8.16. The van der Waals surface area contributed by atoms with Crippen LogP contribution in [-0.4, -0.2) is 45.1 Å². The van der Waals surface area contributed by atoms with Gasteiger partial charge in [0.25, 0.3) is 5.91 Å². The third kappa shape index (κ3) is 5.89. The van der Waals surface area contributed by atoms with Crippen LogP contribution in [0.4, 0.5) is 0 Å². The standard InChI is InChI=1S/C13H20N2O2.ClH/c1-15(2)10-4-9-14-13(16)11-5-7-12(17-3)8-6-11;/h5-8H,4,9-10H2,1-3H3,(H,14,16);1H. The highest BCUT2D eigenvalue weighted by molar-refractivity contribution is 5.94. The van der Waals surface area contributed by atoms with Gasteiger partial charge >= 0.3 is 0 Å². The van der Waals surface area contributed by atoms with Crippen molar-refractivity contribution in [3.05, 3.63) is 29.8 Å². The zero-order valence-electron chi connectivity index (χ0n) is 11.1. The number of nitrogens with one attached hydrogen (secondary N) is 1. The first-order valence-electron chi connectivity index (χ1n) is 5.70. The van der Waals surface area contributed by atoms with Crippen molar-refractivity contribution in [1.82, 2.24) is 10.2 Å². The molecule has 0 aliphatic heterocycles. The van der Waals surface area contributed by atoms with Gasteiger partial charge < -0.3 is 15.0 Å². The summed E-state index contributed by atoms with van der Waals surface area (Å²) in [4.78, 5) is 13.8. The Labute approximate surface area is 115 Å². The van der Waals surface area contributed by atoms with Gasteiger partial charge in [-0.25, -0.2) is 0 Å². The van der Waals surface area contributed by atoms with Crippen LogP contribution >= 0.6 is 12.4 Å². The van der Waals surface area contributed by atoms with E-state index in [0.717, 1.165) is 18.7 Å². The molecule has 1 amide bonds. The zero-order chi connectivity index (χ0) is 12.7. The highest BCUT2D eigenvalue weighted by atomic mass is 35.5. The molecule has 0 radical (unpaired) electrons. The number of carbonyl (C=O) groups is 1. The second-order valence-electron chi connectivity index (χ2n) is 4.14. The molecule has 0 heterocycles. The summed E-state index contributed by atoms with van der Waals surface area (Å²) in [6.45, 7) is 1.67. The fourth-order valence-corrected chi connectivity index (χ4v) is 1.44. The van der Waals surface area contributed by atoms with Crippen molar-refractivity contribution in [3.8, 4) is 5.75 Å². The number of carbonyl (C=O) groups excluding carboxylic acids is 1. The molecular formula is C13H21ClN2O2. The first-order chi connectivity index (χ1) is 8.13. The number of methoxy groups -OCH3 is 1. The Balaban J connectivity index is 0.00000289. The van der Waals surface area contributed by atoms with Crippen molar-refractivity contribution in [2.24, 2.45) is 0 Å². The van der Waals surface area contributed by atoms with Crippen molar-refractivity contribution < 1.29 is 9.53 Å². The average molecular weight is 273 g/mol. The molecule has 0 spiro atoms. The topological polar surface area (TPSA) is 41.6 Å². The lowest BCUT2D eigenvalue weighted by atomic mass is 10.2. The molecule has 0 aromatic heterocycles. The van der Waals surface area contributed by atoms with Crippen LogP contribution < -0.4 is 10.1 Å². The number of benzene rings is 1. The summed E-state index contributed by atoms with van der Waals surface area (Å²) in [5, 5.41) is 2.89. The molecular weight excluding hydrogens is 252 g/mol. The predicted octanol–water partition coefficient (Wildman–Crippen LogP) is 1.80. The maximum atomic E-state index is 11.7. The van der Waals surface area contributed by atoms with Gasteiger partial charge in [0, 0.05) is 12.1 Å². The summed E-state index contributed by atoms with van der Waals surface area (Å²) in [6, 6.07) is 7.10. The molecule has 4 nitrogen and oxygen atoms in total. The number of ether oxygens (including phenoxy) is 1. The molecule has 5 heteroatoms. The molecule has 18 heavy (non-hydrogen) atoms. The van der Waals surface area contributed by atoms with E-state index in [2.05, 4.69) is 10.2 Å². The number of nitrogens with zero attached hydrogens (tertiary/aromatic N) is 1. The van der Waals surface area contributed by atoms with Crippen molar-refractivity contribution >= 4 is 18.3 Å². The molecule has 102 valence electrons. The molecule has 0 saturated carbocycles. The van der Waals surface area contributed by atoms with E-state index in [0.29, 0.717) is 12.1 Å². The summed E-state index contributed by atoms with van der Waals surface area (Å²) in [5.41, 5.74) is 0.663. The Morgan fingerprint density at radius 2 is 1.89 bits per heavy atom. The summed E-state index contributed by atoms with van der Waals surface area (Å²) in [7, 11) is 5.65. The third-order valence-electron chi connectivity index (χ3n) is 2.42. The largest absolute Gasteiger partial charge is 0.497 e. The molecule has 0 bridgehead atoms. The average Bonchev–Trinajstić information content (AvgIpc) is 2.34. The van der Waals surface area contributed by atoms with E-state index in [-0.39, 0.29) is 18.3 Å². The molecule has 0 unspecified atom stereocenters. The first kappa shape index (κ1) is 16.7. The summed E-state index contributed by atoms with van der Waals surface area (Å²) < 4.78 is 5.04. The van der Waals surface area contributed by atoms with Gasteiger partial charge in [-0.2, -0.15) is 0 Å². The molecule has 0 saturated heterocycles. The Hall–Kier alpha value is -1.26. The summed E-state index contributed by atoms with van der Waals surface area (Å²) in [5.74, 6) is 0.723. The maximum Gasteiger partial charge on any atom is 0.251 e. The van der Waals surface area contributed by atoms with Gasteiger partial charge in [-0.1, -0.05) is 0 Å². The van der Waals surface area contributed by atoms with Crippen LogP contribution in [0.2, 0.25) is 0 Å². The normalized spacial score (nSPS) is 9.78. The quantitative estimate of drug-likeness (QED) is 0.803. The maximum absolute atomic E-state index is 11.7. The van der Waals surface area contributed by atoms with E-state index in [9.17, 15) is 4.79 Å². The first-order valence-corrected chi connectivity index (χ1v) is 5.70. The van der Waals surface area contributed by atoms with Crippen LogP contribution in [0.5, 0.6) is 5.75 Å². The Morgan fingerprint density at radius 1 is 1.28 bits per heavy atom. The van der Waals surface area contributed by atoms with Gasteiger partial charge in [0.05, 0.1) is 7.11 Å². The lowest BCUT2D eigenvalue weighted by Gasteiger charge is -2.10. The van der Waals surface area contributed by atoms with E-state index in [1.807, 2.05) is 14.1 Å². The minimum Gasteiger partial charge on any atom is -0.497 e. The van der Waals surface area contributed by atoms with Crippen LogP contribution in [-0.2, 0) is 0 Å². The number of hydrogen-bond acceptors (Lipinski definition) is 3. The fourth-order valence-electron chi connectivity index (χ4n) is 1.44. The van der Waals surface area contributed by atoms with Gasteiger partial charge in [0.15, 0.2) is 0 Å². The monoisotopic (exact) mass is 272 g/mol. The highest BCUT2D eigenvalue weighted by Gasteiger charge is 2.04. The van der Waals surface area contributed by atoms with E-state index in [1.165, 1.54) is 0 Å². The van der Waals surface area contributed by atoms with Gasteiger partial charge in [-0.3, -0.25) is 4.79 Å². The smallest absolute Gasteiger partial charge is 0.251 e. The van der Waals surface area contributed by atoms with Gasteiger partial charge in [0.2, 0.25) is 0 Å². The van der Waals surface area contributed by atoms with Crippen molar-refractivity contribution in [3.63, 3.8) is 0 Å². The van der Waals surface area contributed by atoms with Gasteiger partial charge in [-0.05, 0) is 51.3 Å². The molecule has 1 N–H and O–H groups in total. The minimum absolute atomic E-state index is 0. The molecule has 0 fully saturated rings. The molecule has 0 aliphatic rings. The summed E-state index contributed by atoms with van der Waals surface area (Å²) in [6.07, 6.45) is 0.953. The number of rotatable bonds is 6. The van der Waals surface area contributed by atoms with E-state index >= 15 is 0 Å². The zero-order valence-corrected chi connectivity index (χ0v) is 11.9. The van der Waals surface area contributed by atoms with E-state index in [4.69, 9.17) is 4.74 Å². The van der Waals surface area contributed by atoms with E-state index in [1.54, 1.807) is 31.4 Å². The second-order valence-corrected chi connectivity index (χ2v) is 4.14. The Morgan fingerprint density at radius 3 is 2.39 bits per heavy atom. The van der Waals surface area contributed by atoms with Crippen LogP contribution in [0.25, 0.3) is 0 Å². The van der Waals surface area contributed by atoms with Crippen molar-refractivity contribution in [2.45, 2.75) is 6.42 Å². The number of amides is 1. The number of hydrogen-bond donors (Lipinski definition) is 1. The van der Waals surface area contributed by atoms with Crippen LogP contribution in [0.15, 0.2) is 24.3 Å². The highest BCUT2D eigenvalue weighted by Crippen LogP contribution is 2.10. The fraction of sp³-hybridized carbons (Fsp3) is 0.462. The lowest BCUT2D eigenvalue weighted by Crippen LogP contribution is -2.27. The van der Waals surface area contributed by atoms with E-state index < -0.39 is 0 Å². The van der Waals surface area contributed by atoms with Crippen LogP contribution in [0.1, 0.15) is 16.8 Å². The molecule has 1 rings (SSSR count). The SMILES string of the molecule is COc1ccc(C(=O)NCCCN(C)C)cc1.Cl. The van der Waals surface area contributed by atoms with Crippen LogP contribution in [0, 0.1) is 0 Å². The molecule has 1 aromatic carbocycles. The molecule has 0 aliphatic carbocycles. The van der Waals surface area contributed by atoms with Gasteiger partial charge in [-0.15, -0.1) is 12.4 Å². The predicted molar refractivity (Wildman–Crippen MR) is 75.7 cm³/mol. The number of halogens is 1. The summed E-state index contributed by atoms with van der Waals surface area (Å²) >= 11 is 0. The van der Waals surface area contributed by atoms with Crippen LogP contribution in [0.3, 0.4) is 0 Å². The molecule has 1 aromatic rings. The third-order valence-corrected chi connectivity index (χ3v) is 2.42.